The number of halogens is 2. The van der Waals surface area contributed by atoms with E-state index in [4.69, 9.17) is 4.74 Å². The van der Waals surface area contributed by atoms with Crippen LogP contribution in [0.25, 0.3) is 0 Å². The summed E-state index contributed by atoms with van der Waals surface area (Å²) in [6, 6.07) is 0. The zero-order valence-corrected chi connectivity index (χ0v) is 20.5. The number of hydrogen-bond acceptors (Lipinski definition) is 5. The Morgan fingerprint density at radius 1 is 1.32 bits per heavy atom. The number of rotatable bonds is 4. The number of alkyl halides is 2. The molecular formula is C24H32F2O3S2. The van der Waals surface area contributed by atoms with E-state index in [0.717, 1.165) is 18.6 Å². The molecule has 0 aliphatic heterocycles. The maximum absolute atomic E-state index is 17.6. The van der Waals surface area contributed by atoms with Gasteiger partial charge in [0.15, 0.2) is 11.5 Å². The van der Waals surface area contributed by atoms with E-state index in [1.807, 2.05) is 23.5 Å². The first-order valence-corrected chi connectivity index (χ1v) is 13.3. The molecule has 0 saturated heterocycles. The third kappa shape index (κ3) is 2.97. The Morgan fingerprint density at radius 3 is 2.65 bits per heavy atom. The molecule has 3 nitrogen and oxygen atoms in total. The molecule has 0 aromatic carbocycles. The number of thioether (sulfide) groups is 2. The molecule has 31 heavy (non-hydrogen) atoms. The second-order valence-electron chi connectivity index (χ2n) is 9.87. The Hall–Kier alpha value is -0.820. The van der Waals surface area contributed by atoms with E-state index in [1.54, 1.807) is 6.92 Å². The van der Waals surface area contributed by atoms with Gasteiger partial charge in [0.05, 0.1) is 4.08 Å². The van der Waals surface area contributed by atoms with Gasteiger partial charge in [-0.3, -0.25) is 9.59 Å². The highest BCUT2D eigenvalue weighted by Gasteiger charge is 2.75. The molecule has 4 aliphatic carbocycles. The van der Waals surface area contributed by atoms with Crippen molar-refractivity contribution in [2.24, 2.45) is 22.7 Å². The van der Waals surface area contributed by atoms with Crippen molar-refractivity contribution in [3.63, 3.8) is 0 Å². The minimum absolute atomic E-state index is 0.0153. The zero-order chi connectivity index (χ0) is 22.8. The molecule has 2 unspecified atom stereocenters. The van der Waals surface area contributed by atoms with Crippen molar-refractivity contribution < 1.29 is 23.1 Å². The van der Waals surface area contributed by atoms with E-state index in [-0.39, 0.29) is 33.2 Å². The third-order valence-electron chi connectivity index (χ3n) is 8.66. The van der Waals surface area contributed by atoms with Crippen LogP contribution in [0.2, 0.25) is 0 Å². The average Bonchev–Trinajstić information content (AvgIpc) is 2.98. The van der Waals surface area contributed by atoms with E-state index >= 15 is 8.78 Å². The lowest BCUT2D eigenvalue weighted by atomic mass is 9.45. The first kappa shape index (κ1) is 23.3. The molecule has 3 fully saturated rings. The average molecular weight is 471 g/mol. The van der Waals surface area contributed by atoms with E-state index in [2.05, 4.69) is 20.1 Å². The molecule has 0 aromatic rings. The highest BCUT2D eigenvalue weighted by molar-refractivity contribution is 8.18. The predicted molar refractivity (Wildman–Crippen MR) is 123 cm³/mol. The minimum Gasteiger partial charge on any atom is -0.459 e. The Kier molecular flexibility index (Phi) is 5.73. The SMILES string of the molecule is CCS[C@]1(SC)CC[C@H]2[C@@H]3CC(F)C4=CC(=O)C=C[C@]4(C)C3(F)[C@@H](OC(C)=O)C[C@@]21C. The molecule has 4 rings (SSSR count). The number of esters is 1. The van der Waals surface area contributed by atoms with Gasteiger partial charge in [-0.05, 0) is 73.7 Å². The van der Waals surface area contributed by atoms with Crippen LogP contribution in [0.1, 0.15) is 53.4 Å². The molecule has 172 valence electrons. The molecule has 3 saturated carbocycles. The molecular weight excluding hydrogens is 438 g/mol. The van der Waals surface area contributed by atoms with Crippen molar-refractivity contribution >= 4 is 35.3 Å². The topological polar surface area (TPSA) is 43.4 Å². The third-order valence-corrected chi connectivity index (χ3v) is 12.3. The van der Waals surface area contributed by atoms with Gasteiger partial charge in [-0.1, -0.05) is 19.9 Å². The lowest BCUT2D eigenvalue weighted by Crippen LogP contribution is -2.69. The van der Waals surface area contributed by atoms with Crippen LogP contribution in [0.4, 0.5) is 8.78 Å². The second kappa shape index (κ2) is 7.61. The Balaban J connectivity index is 1.89. The molecule has 0 bridgehead atoms. The summed E-state index contributed by atoms with van der Waals surface area (Å²) in [5, 5.41) is 0. The first-order chi connectivity index (χ1) is 14.5. The standard InChI is InChI=1S/C24H32F2O3S2/c1-6-31-23(30-5)10-8-16-17-12-19(25)18-11-15(28)7-9-21(18,3)24(17,26)20(29-14(2)27)13-22(16,23)4/h7,9,11,16-17,19-20H,6,8,10,12-13H2,1-5H3/t16-,17-,19?,20-,21-,22-,23+,24?/m0/s1. The highest BCUT2D eigenvalue weighted by Crippen LogP contribution is 2.74. The van der Waals surface area contributed by atoms with Crippen LogP contribution < -0.4 is 0 Å². The zero-order valence-electron chi connectivity index (χ0n) is 18.9. The second-order valence-corrected chi connectivity index (χ2v) is 12.8. The summed E-state index contributed by atoms with van der Waals surface area (Å²) in [4.78, 5) is 24.1. The highest BCUT2D eigenvalue weighted by atomic mass is 32.2. The Bertz CT molecular complexity index is 860. The maximum Gasteiger partial charge on any atom is 0.303 e. The molecule has 0 amide bonds. The smallest absolute Gasteiger partial charge is 0.303 e. The van der Waals surface area contributed by atoms with Crippen molar-refractivity contribution in [1.82, 2.24) is 0 Å². The van der Waals surface area contributed by atoms with Gasteiger partial charge in [0, 0.05) is 18.3 Å². The molecule has 0 spiro atoms. The van der Waals surface area contributed by atoms with Crippen molar-refractivity contribution in [1.29, 1.82) is 0 Å². The summed E-state index contributed by atoms with van der Waals surface area (Å²) in [5.41, 5.74) is -3.37. The number of hydrogen-bond donors (Lipinski definition) is 0. The molecule has 7 heteroatoms. The lowest BCUT2D eigenvalue weighted by Gasteiger charge is -2.64. The van der Waals surface area contributed by atoms with Gasteiger partial charge in [-0.25, -0.2) is 8.78 Å². The number of carbonyl (C=O) groups is 2. The van der Waals surface area contributed by atoms with Crippen molar-refractivity contribution in [3.8, 4) is 0 Å². The first-order valence-electron chi connectivity index (χ1n) is 11.1. The van der Waals surface area contributed by atoms with Crippen LogP contribution in [-0.4, -0.2) is 45.8 Å². The van der Waals surface area contributed by atoms with Gasteiger partial charge in [-0.15, -0.1) is 23.5 Å². The van der Waals surface area contributed by atoms with Crippen LogP contribution in [0.3, 0.4) is 0 Å². The van der Waals surface area contributed by atoms with Gasteiger partial charge in [0.25, 0.3) is 0 Å². The summed E-state index contributed by atoms with van der Waals surface area (Å²) in [6.45, 7) is 7.31. The summed E-state index contributed by atoms with van der Waals surface area (Å²) >= 11 is 3.70. The predicted octanol–water partition coefficient (Wildman–Crippen LogP) is 5.69. The molecule has 0 N–H and O–H groups in total. The number of fused-ring (bicyclic) bond motifs is 5. The van der Waals surface area contributed by atoms with Gasteiger partial charge in [-0.2, -0.15) is 0 Å². The number of ketones is 1. The molecule has 0 radical (unpaired) electrons. The van der Waals surface area contributed by atoms with Crippen molar-refractivity contribution in [2.45, 2.75) is 75.4 Å². The van der Waals surface area contributed by atoms with Gasteiger partial charge < -0.3 is 4.74 Å². The maximum atomic E-state index is 17.6. The van der Waals surface area contributed by atoms with Crippen molar-refractivity contribution in [2.75, 3.05) is 12.0 Å². The molecule has 0 aromatic heterocycles. The fourth-order valence-corrected chi connectivity index (χ4v) is 10.4. The van der Waals surface area contributed by atoms with Crippen LogP contribution in [-0.2, 0) is 14.3 Å². The number of allylic oxidation sites excluding steroid dienone is 4. The molecule has 8 atom stereocenters. The van der Waals surface area contributed by atoms with E-state index < -0.39 is 35.2 Å². The number of ether oxygens (including phenoxy) is 1. The van der Waals surface area contributed by atoms with Crippen molar-refractivity contribution in [3.05, 3.63) is 23.8 Å². The summed E-state index contributed by atoms with van der Waals surface area (Å²) in [7, 11) is 0. The monoisotopic (exact) mass is 470 g/mol. The van der Waals surface area contributed by atoms with Gasteiger partial charge in [0.2, 0.25) is 0 Å². The van der Waals surface area contributed by atoms with Crippen LogP contribution in [0.5, 0.6) is 0 Å². The quantitative estimate of drug-likeness (QED) is 0.390. The fourth-order valence-electron chi connectivity index (χ4n) is 7.31. The Labute approximate surface area is 192 Å². The summed E-state index contributed by atoms with van der Waals surface area (Å²) in [6.07, 6.45) is 6.05. The number of carbonyl (C=O) groups excluding carboxylic acids is 2. The molecule has 4 aliphatic rings. The van der Waals surface area contributed by atoms with E-state index in [1.165, 1.54) is 25.2 Å². The van der Waals surface area contributed by atoms with Crippen LogP contribution in [0.15, 0.2) is 23.8 Å². The summed E-state index contributed by atoms with van der Waals surface area (Å²) < 4.78 is 38.7. The molecule has 0 heterocycles. The summed E-state index contributed by atoms with van der Waals surface area (Å²) in [5.74, 6) is -0.501. The van der Waals surface area contributed by atoms with Crippen LogP contribution >= 0.6 is 23.5 Å². The van der Waals surface area contributed by atoms with E-state index in [9.17, 15) is 9.59 Å². The Morgan fingerprint density at radius 2 is 2.03 bits per heavy atom. The van der Waals surface area contributed by atoms with Gasteiger partial charge in [0.1, 0.15) is 12.3 Å². The normalized spacial score (nSPS) is 48.5. The lowest BCUT2D eigenvalue weighted by molar-refractivity contribution is -0.213. The van der Waals surface area contributed by atoms with E-state index in [0.29, 0.717) is 6.42 Å². The van der Waals surface area contributed by atoms with Crippen LogP contribution in [0, 0.1) is 22.7 Å². The fraction of sp³-hybridized carbons (Fsp3) is 0.750. The minimum atomic E-state index is -1.96. The largest absolute Gasteiger partial charge is 0.459 e. The van der Waals surface area contributed by atoms with Gasteiger partial charge >= 0.3 is 5.97 Å².